The fourth-order valence-corrected chi connectivity index (χ4v) is 1.60. The SMILES string of the molecule is COC(=O)NS(=O)(=O)NCC(Cl)C(=O)OC. The van der Waals surface area contributed by atoms with Crippen LogP contribution in [0, 0.1) is 0 Å². The predicted octanol–water partition coefficient (Wildman–Crippen LogP) is -1.04. The van der Waals surface area contributed by atoms with Gasteiger partial charge in [-0.05, 0) is 0 Å². The van der Waals surface area contributed by atoms with Crippen LogP contribution < -0.4 is 9.44 Å². The van der Waals surface area contributed by atoms with E-state index in [2.05, 4.69) is 9.47 Å². The molecule has 1 unspecified atom stereocenters. The van der Waals surface area contributed by atoms with Gasteiger partial charge in [-0.1, -0.05) is 0 Å². The van der Waals surface area contributed by atoms with Gasteiger partial charge in [-0.15, -0.1) is 11.6 Å². The van der Waals surface area contributed by atoms with E-state index in [-0.39, 0.29) is 0 Å². The monoisotopic (exact) mass is 274 g/mol. The van der Waals surface area contributed by atoms with Gasteiger partial charge in [0, 0.05) is 6.54 Å². The first-order valence-electron chi connectivity index (χ1n) is 3.89. The number of methoxy groups -OCH3 is 2. The van der Waals surface area contributed by atoms with E-state index in [0.29, 0.717) is 0 Å². The van der Waals surface area contributed by atoms with Gasteiger partial charge in [0.15, 0.2) is 0 Å². The number of esters is 1. The summed E-state index contributed by atoms with van der Waals surface area (Å²) in [4.78, 5) is 21.4. The Bertz CT molecular complexity index is 356. The van der Waals surface area contributed by atoms with Crippen molar-refractivity contribution in [2.24, 2.45) is 0 Å². The van der Waals surface area contributed by atoms with Gasteiger partial charge < -0.3 is 9.47 Å². The molecule has 8 nitrogen and oxygen atoms in total. The van der Waals surface area contributed by atoms with Gasteiger partial charge in [0.05, 0.1) is 14.2 Å². The molecule has 10 heteroatoms. The predicted molar refractivity (Wildman–Crippen MR) is 54.1 cm³/mol. The van der Waals surface area contributed by atoms with Crippen molar-refractivity contribution in [2.75, 3.05) is 20.8 Å². The van der Waals surface area contributed by atoms with Crippen LogP contribution in [0.3, 0.4) is 0 Å². The molecular weight excluding hydrogens is 264 g/mol. The summed E-state index contributed by atoms with van der Waals surface area (Å²) < 4.78 is 33.9. The van der Waals surface area contributed by atoms with E-state index < -0.39 is 34.2 Å². The Hall–Kier alpha value is -1.06. The van der Waals surface area contributed by atoms with Crippen LogP contribution in [0.1, 0.15) is 0 Å². The number of carbonyl (C=O) groups is 2. The number of hydrogen-bond donors (Lipinski definition) is 2. The highest BCUT2D eigenvalue weighted by molar-refractivity contribution is 7.88. The van der Waals surface area contributed by atoms with E-state index in [1.807, 2.05) is 4.72 Å². The Balaban J connectivity index is 4.19. The van der Waals surface area contributed by atoms with Crippen LogP contribution in [-0.2, 0) is 24.5 Å². The number of carbonyl (C=O) groups excluding carboxylic acids is 2. The zero-order valence-electron chi connectivity index (χ0n) is 8.52. The third kappa shape index (κ3) is 5.73. The second-order valence-corrected chi connectivity index (χ2v) is 4.46. The molecule has 0 bridgehead atoms. The minimum Gasteiger partial charge on any atom is -0.468 e. The summed E-state index contributed by atoms with van der Waals surface area (Å²) >= 11 is 5.46. The zero-order valence-corrected chi connectivity index (χ0v) is 10.1. The minimum absolute atomic E-state index is 0.416. The van der Waals surface area contributed by atoms with Gasteiger partial charge in [0.2, 0.25) is 0 Å². The summed E-state index contributed by atoms with van der Waals surface area (Å²) in [5, 5.41) is -1.18. The molecule has 0 aromatic heterocycles. The number of rotatable bonds is 5. The van der Waals surface area contributed by atoms with E-state index >= 15 is 0 Å². The molecule has 2 N–H and O–H groups in total. The van der Waals surface area contributed by atoms with Crippen molar-refractivity contribution in [2.45, 2.75) is 5.38 Å². The number of nitrogens with one attached hydrogen (secondary N) is 2. The van der Waals surface area contributed by atoms with Crippen molar-refractivity contribution in [1.29, 1.82) is 0 Å². The van der Waals surface area contributed by atoms with E-state index in [4.69, 9.17) is 11.6 Å². The van der Waals surface area contributed by atoms with Crippen LogP contribution in [0.4, 0.5) is 4.79 Å². The molecule has 0 radical (unpaired) electrons. The van der Waals surface area contributed by atoms with E-state index in [1.165, 1.54) is 4.72 Å². The summed E-state index contributed by atoms with van der Waals surface area (Å²) in [6, 6.07) is 0. The number of alkyl halides is 1. The molecule has 16 heavy (non-hydrogen) atoms. The Morgan fingerprint density at radius 3 is 2.31 bits per heavy atom. The summed E-state index contributed by atoms with van der Waals surface area (Å²) in [5.74, 6) is -0.789. The van der Waals surface area contributed by atoms with Gasteiger partial charge in [-0.3, -0.25) is 4.79 Å². The molecule has 0 aliphatic heterocycles. The van der Waals surface area contributed by atoms with Crippen LogP contribution in [-0.4, -0.2) is 46.6 Å². The van der Waals surface area contributed by atoms with Crippen molar-refractivity contribution in [3.05, 3.63) is 0 Å². The Morgan fingerprint density at radius 2 is 1.88 bits per heavy atom. The Kier molecular flexibility index (Phi) is 6.08. The van der Waals surface area contributed by atoms with Gasteiger partial charge in [-0.2, -0.15) is 13.1 Å². The molecule has 0 aromatic carbocycles. The van der Waals surface area contributed by atoms with Crippen LogP contribution in [0.25, 0.3) is 0 Å². The Labute approximate surface area is 97.4 Å². The maximum absolute atomic E-state index is 11.1. The summed E-state index contributed by atoms with van der Waals surface area (Å²) in [7, 11) is -1.98. The summed E-state index contributed by atoms with van der Waals surface area (Å²) in [5.41, 5.74) is 0. The molecule has 0 saturated carbocycles. The van der Waals surface area contributed by atoms with Gasteiger partial charge in [0.1, 0.15) is 5.38 Å². The van der Waals surface area contributed by atoms with Crippen molar-refractivity contribution in [1.82, 2.24) is 9.44 Å². The van der Waals surface area contributed by atoms with Gasteiger partial charge in [-0.25, -0.2) is 9.52 Å². The van der Waals surface area contributed by atoms with Gasteiger partial charge >= 0.3 is 22.3 Å². The highest BCUT2D eigenvalue weighted by Crippen LogP contribution is 1.97. The van der Waals surface area contributed by atoms with Crippen LogP contribution >= 0.6 is 11.6 Å². The smallest absolute Gasteiger partial charge is 0.421 e. The average molecular weight is 275 g/mol. The molecule has 94 valence electrons. The lowest BCUT2D eigenvalue weighted by Crippen LogP contribution is -2.43. The Morgan fingerprint density at radius 1 is 1.31 bits per heavy atom. The average Bonchev–Trinajstić information content (AvgIpc) is 2.24. The standard InChI is InChI=1S/C6H11ClN2O6S/c1-14-5(10)4(7)3-8-16(12,13)9-6(11)15-2/h4,8H,3H2,1-2H3,(H,9,11). The van der Waals surface area contributed by atoms with Crippen LogP contribution in [0.15, 0.2) is 0 Å². The summed E-state index contributed by atoms with van der Waals surface area (Å²) in [6.07, 6.45) is -1.16. The van der Waals surface area contributed by atoms with Crippen LogP contribution in [0.2, 0.25) is 0 Å². The zero-order chi connectivity index (χ0) is 12.8. The molecule has 1 atom stereocenters. The first kappa shape index (κ1) is 14.9. The van der Waals surface area contributed by atoms with E-state index in [0.717, 1.165) is 14.2 Å². The number of halogens is 1. The fourth-order valence-electron chi connectivity index (χ4n) is 0.582. The lowest BCUT2D eigenvalue weighted by Gasteiger charge is -2.09. The first-order chi connectivity index (χ1) is 7.32. The molecule has 0 heterocycles. The molecule has 0 aliphatic rings. The highest BCUT2D eigenvalue weighted by Gasteiger charge is 2.20. The first-order valence-corrected chi connectivity index (χ1v) is 5.81. The summed E-state index contributed by atoms with van der Waals surface area (Å²) in [6.45, 7) is -0.416. The molecule has 0 spiro atoms. The number of ether oxygens (including phenoxy) is 2. The van der Waals surface area contributed by atoms with E-state index in [9.17, 15) is 18.0 Å². The molecular formula is C6H11ClN2O6S. The van der Waals surface area contributed by atoms with Gasteiger partial charge in [0.25, 0.3) is 0 Å². The van der Waals surface area contributed by atoms with Crippen molar-refractivity contribution in [3.63, 3.8) is 0 Å². The molecule has 0 aromatic rings. The second kappa shape index (κ2) is 6.51. The maximum Gasteiger partial charge on any atom is 0.421 e. The molecule has 0 saturated heterocycles. The molecule has 0 rings (SSSR count). The lowest BCUT2D eigenvalue weighted by atomic mass is 10.4. The third-order valence-electron chi connectivity index (χ3n) is 1.31. The maximum atomic E-state index is 11.1. The van der Waals surface area contributed by atoms with Crippen molar-refractivity contribution >= 4 is 33.9 Å². The highest BCUT2D eigenvalue weighted by atomic mass is 35.5. The van der Waals surface area contributed by atoms with Crippen molar-refractivity contribution in [3.8, 4) is 0 Å². The largest absolute Gasteiger partial charge is 0.468 e. The van der Waals surface area contributed by atoms with Crippen molar-refractivity contribution < 1.29 is 27.5 Å². The number of hydrogen-bond acceptors (Lipinski definition) is 6. The second-order valence-electron chi connectivity index (χ2n) is 2.44. The molecule has 0 aliphatic carbocycles. The number of amides is 1. The quantitative estimate of drug-likeness (QED) is 0.489. The molecule has 0 fully saturated rings. The molecule has 1 amide bonds. The normalized spacial score (nSPS) is 12.7. The van der Waals surface area contributed by atoms with Crippen LogP contribution in [0.5, 0.6) is 0 Å². The van der Waals surface area contributed by atoms with E-state index in [1.54, 1.807) is 0 Å². The topological polar surface area (TPSA) is 111 Å². The fraction of sp³-hybridized carbons (Fsp3) is 0.667. The minimum atomic E-state index is -4.10. The third-order valence-corrected chi connectivity index (χ3v) is 2.63. The lowest BCUT2D eigenvalue weighted by molar-refractivity contribution is -0.140.